The normalized spacial score (nSPS) is 17.9. The number of methoxy groups -OCH3 is 1. The Balaban J connectivity index is 1.34. The molecule has 208 valence electrons. The first-order valence-corrected chi connectivity index (χ1v) is 12.2. The van der Waals surface area contributed by atoms with Crippen molar-refractivity contribution in [1.82, 2.24) is 20.5 Å². The van der Waals surface area contributed by atoms with Crippen LogP contribution in [-0.4, -0.2) is 92.4 Å². The average molecular weight is 547 g/mol. The monoisotopic (exact) mass is 546 g/mol. The van der Waals surface area contributed by atoms with Crippen LogP contribution < -0.4 is 20.4 Å². The van der Waals surface area contributed by atoms with Gasteiger partial charge >= 0.3 is 12.2 Å². The van der Waals surface area contributed by atoms with E-state index in [1.807, 2.05) is 0 Å². The van der Waals surface area contributed by atoms with E-state index in [4.69, 9.17) is 4.74 Å². The van der Waals surface area contributed by atoms with Gasteiger partial charge in [0.25, 0.3) is 5.91 Å². The second-order valence-electron chi connectivity index (χ2n) is 8.99. The van der Waals surface area contributed by atoms with Crippen LogP contribution in [-0.2, 0) is 14.3 Å². The molecule has 4 rings (SSSR count). The second kappa shape index (κ2) is 11.9. The van der Waals surface area contributed by atoms with Gasteiger partial charge in [-0.1, -0.05) is 0 Å². The molecule has 0 radical (unpaired) electrons. The predicted octanol–water partition coefficient (Wildman–Crippen LogP) is 1.51. The fourth-order valence-corrected chi connectivity index (χ4v) is 4.39. The molecule has 2 aliphatic heterocycles. The molecule has 2 fully saturated rings. The smallest absolute Gasteiger partial charge is 0.414 e. The van der Waals surface area contributed by atoms with Crippen molar-refractivity contribution in [3.05, 3.63) is 53.9 Å². The largest absolute Gasteiger partial charge is 0.453 e. The number of ether oxygens (including phenoxy) is 2. The maximum atomic E-state index is 15.1. The first-order valence-electron chi connectivity index (χ1n) is 12.2. The van der Waals surface area contributed by atoms with Crippen LogP contribution in [0.5, 0.6) is 0 Å². The lowest BCUT2D eigenvalue weighted by molar-refractivity contribution is -0.133. The van der Waals surface area contributed by atoms with E-state index in [1.54, 1.807) is 6.92 Å². The van der Waals surface area contributed by atoms with Gasteiger partial charge in [-0.2, -0.15) is 0 Å². The zero-order valence-electron chi connectivity index (χ0n) is 21.4. The molecule has 2 aromatic rings. The number of rotatable bonds is 7. The van der Waals surface area contributed by atoms with Crippen molar-refractivity contribution in [3.63, 3.8) is 0 Å². The lowest BCUT2D eigenvalue weighted by Crippen LogP contribution is -2.54. The summed E-state index contributed by atoms with van der Waals surface area (Å²) in [5.74, 6) is -2.45. The van der Waals surface area contributed by atoms with Crippen LogP contribution in [0.15, 0.2) is 36.7 Å². The number of halogens is 2. The minimum absolute atomic E-state index is 0.0161. The maximum absolute atomic E-state index is 15.1. The van der Waals surface area contributed by atoms with Crippen molar-refractivity contribution >= 4 is 35.4 Å². The van der Waals surface area contributed by atoms with Gasteiger partial charge in [0.2, 0.25) is 5.91 Å². The van der Waals surface area contributed by atoms with Gasteiger partial charge in [-0.15, -0.1) is 0 Å². The number of hydrogen-bond acceptors (Lipinski definition) is 8. The number of nitrogens with zero attached hydrogens (tertiary/aromatic N) is 4. The highest BCUT2D eigenvalue weighted by Gasteiger charge is 2.34. The van der Waals surface area contributed by atoms with Gasteiger partial charge < -0.3 is 29.9 Å². The average Bonchev–Trinajstić information content (AvgIpc) is 3.32. The fourth-order valence-electron chi connectivity index (χ4n) is 4.39. The number of anilines is 2. The Kier molecular flexibility index (Phi) is 8.42. The van der Waals surface area contributed by atoms with E-state index in [1.165, 1.54) is 41.4 Å². The van der Waals surface area contributed by atoms with Crippen LogP contribution in [0.25, 0.3) is 0 Å². The van der Waals surface area contributed by atoms with Gasteiger partial charge in [-0.3, -0.25) is 19.5 Å². The summed E-state index contributed by atoms with van der Waals surface area (Å²) in [6.07, 6.45) is 0.742. The number of carbonyl (C=O) groups excluding carboxylic acids is 4. The highest BCUT2D eigenvalue weighted by molar-refractivity contribution is 5.97. The number of amides is 4. The Labute approximate surface area is 222 Å². The van der Waals surface area contributed by atoms with Crippen LogP contribution >= 0.6 is 0 Å². The molecule has 3 heterocycles. The number of piperazine rings is 1. The number of nitrogens with one attached hydrogen (secondary N) is 2. The van der Waals surface area contributed by atoms with Crippen molar-refractivity contribution in [2.75, 3.05) is 56.2 Å². The molecule has 0 saturated carbocycles. The number of pyridine rings is 1. The summed E-state index contributed by atoms with van der Waals surface area (Å²) >= 11 is 0. The van der Waals surface area contributed by atoms with Crippen molar-refractivity contribution in [2.24, 2.45) is 0 Å². The lowest BCUT2D eigenvalue weighted by Gasteiger charge is -2.37. The molecule has 39 heavy (non-hydrogen) atoms. The molecule has 1 aromatic heterocycles. The fraction of sp³-hybridized carbons (Fsp3) is 0.400. The van der Waals surface area contributed by atoms with Crippen LogP contribution in [0.3, 0.4) is 0 Å². The highest BCUT2D eigenvalue weighted by atomic mass is 19.1. The number of carbonyl (C=O) groups is 4. The molecular formula is C25H28F2N6O6. The van der Waals surface area contributed by atoms with Crippen molar-refractivity contribution in [2.45, 2.75) is 19.1 Å². The lowest BCUT2D eigenvalue weighted by atomic mass is 10.1. The molecule has 12 nitrogen and oxygen atoms in total. The van der Waals surface area contributed by atoms with E-state index < -0.39 is 41.9 Å². The van der Waals surface area contributed by atoms with E-state index in [2.05, 4.69) is 20.4 Å². The zero-order chi connectivity index (χ0) is 28.1. The summed E-state index contributed by atoms with van der Waals surface area (Å²) in [5, 5.41) is 5.06. The van der Waals surface area contributed by atoms with Crippen LogP contribution in [0.1, 0.15) is 17.3 Å². The molecule has 0 aliphatic carbocycles. The Hall–Kier alpha value is -4.49. The summed E-state index contributed by atoms with van der Waals surface area (Å²) in [7, 11) is 1.19. The molecule has 4 amide bonds. The standard InChI is InChI=1S/C25H28F2N6O6/c1-15(30-22(34)16-3-5-28-6-4-16)23(35)32-9-7-31(8-10-32)21-19(26)11-17(12-20(21)27)33-14-18(39-25(33)37)13-29-24(36)38-2/h3-6,11-12,15,18H,7-10,13-14H2,1-2H3,(H,29,36)(H,30,34). The third-order valence-electron chi connectivity index (χ3n) is 6.41. The summed E-state index contributed by atoms with van der Waals surface area (Å²) in [6.45, 7) is 2.26. The van der Waals surface area contributed by atoms with Crippen molar-refractivity contribution in [3.8, 4) is 0 Å². The van der Waals surface area contributed by atoms with Gasteiger partial charge in [-0.25, -0.2) is 18.4 Å². The van der Waals surface area contributed by atoms with Gasteiger partial charge in [0.15, 0.2) is 11.6 Å². The Bertz CT molecular complexity index is 1220. The first-order chi connectivity index (χ1) is 18.7. The number of benzene rings is 1. The van der Waals surface area contributed by atoms with E-state index in [9.17, 15) is 19.2 Å². The molecule has 0 spiro atoms. The third-order valence-corrected chi connectivity index (χ3v) is 6.41. The Morgan fingerprint density at radius 3 is 2.38 bits per heavy atom. The number of aromatic nitrogens is 1. The van der Waals surface area contributed by atoms with Gasteiger partial charge in [-0.05, 0) is 19.1 Å². The summed E-state index contributed by atoms with van der Waals surface area (Å²) < 4.78 is 39.8. The summed E-state index contributed by atoms with van der Waals surface area (Å²) in [6, 6.07) is 4.37. The minimum atomic E-state index is -0.869. The highest BCUT2D eigenvalue weighted by Crippen LogP contribution is 2.31. The SMILES string of the molecule is COC(=O)NCC1CN(c2cc(F)c(N3CCN(C(=O)C(C)NC(=O)c4ccncc4)CC3)c(F)c2)C(=O)O1. The minimum Gasteiger partial charge on any atom is -0.453 e. The molecule has 2 saturated heterocycles. The maximum Gasteiger partial charge on any atom is 0.414 e. The Morgan fingerprint density at radius 1 is 1.13 bits per heavy atom. The van der Waals surface area contributed by atoms with E-state index in [0.29, 0.717) is 5.56 Å². The number of hydrogen-bond donors (Lipinski definition) is 2. The number of cyclic esters (lactones) is 1. The van der Waals surface area contributed by atoms with E-state index in [-0.39, 0.29) is 56.6 Å². The molecule has 0 bridgehead atoms. The molecule has 2 N–H and O–H groups in total. The second-order valence-corrected chi connectivity index (χ2v) is 8.99. The summed E-state index contributed by atoms with van der Waals surface area (Å²) in [4.78, 5) is 56.6. The molecule has 14 heteroatoms. The number of alkyl carbamates (subject to hydrolysis) is 1. The van der Waals surface area contributed by atoms with Gasteiger partial charge in [0.1, 0.15) is 17.8 Å². The molecule has 2 atom stereocenters. The third kappa shape index (κ3) is 6.33. The molecule has 2 aliphatic rings. The molecular weight excluding hydrogens is 518 g/mol. The zero-order valence-corrected chi connectivity index (χ0v) is 21.4. The summed E-state index contributed by atoms with van der Waals surface area (Å²) in [5.41, 5.74) is 0.0905. The van der Waals surface area contributed by atoms with Gasteiger partial charge in [0, 0.05) is 56.3 Å². The predicted molar refractivity (Wildman–Crippen MR) is 134 cm³/mol. The van der Waals surface area contributed by atoms with Crippen LogP contribution in [0.2, 0.25) is 0 Å². The Morgan fingerprint density at radius 2 is 1.77 bits per heavy atom. The molecule has 1 aromatic carbocycles. The van der Waals surface area contributed by atoms with Gasteiger partial charge in [0.05, 0.1) is 25.9 Å². The van der Waals surface area contributed by atoms with Crippen molar-refractivity contribution < 1.29 is 37.4 Å². The molecule has 2 unspecified atom stereocenters. The van der Waals surface area contributed by atoms with Crippen LogP contribution in [0, 0.1) is 11.6 Å². The topological polar surface area (TPSA) is 133 Å². The quantitative estimate of drug-likeness (QED) is 0.534. The first kappa shape index (κ1) is 27.5. The van der Waals surface area contributed by atoms with Crippen molar-refractivity contribution in [1.29, 1.82) is 0 Å². The van der Waals surface area contributed by atoms with E-state index >= 15 is 8.78 Å². The van der Waals surface area contributed by atoms with E-state index in [0.717, 1.165) is 17.0 Å². The van der Waals surface area contributed by atoms with Crippen LogP contribution in [0.4, 0.5) is 29.7 Å².